The van der Waals surface area contributed by atoms with E-state index in [4.69, 9.17) is 9.47 Å². The van der Waals surface area contributed by atoms with Crippen molar-refractivity contribution in [3.63, 3.8) is 0 Å². The fourth-order valence-corrected chi connectivity index (χ4v) is 3.66. The third-order valence-corrected chi connectivity index (χ3v) is 5.05. The van der Waals surface area contributed by atoms with Crippen LogP contribution in [0.1, 0.15) is 22.2 Å². The SMILES string of the molecule is COCC(C)(NC(=O)c1cc2c(s1)-c1ccccc1OC2)C(=O)O. The number of methoxy groups -OCH3 is 1. The number of benzene rings is 1. The van der Waals surface area contributed by atoms with Crippen molar-refractivity contribution < 1.29 is 24.2 Å². The highest BCUT2D eigenvalue weighted by atomic mass is 32.1. The molecular weight excluding hydrogens is 330 g/mol. The molecule has 24 heavy (non-hydrogen) atoms. The van der Waals surface area contributed by atoms with Crippen molar-refractivity contribution in [2.45, 2.75) is 19.1 Å². The molecule has 1 unspecified atom stereocenters. The lowest BCUT2D eigenvalue weighted by molar-refractivity contribution is -0.145. The van der Waals surface area contributed by atoms with Crippen LogP contribution >= 0.6 is 11.3 Å². The molecule has 0 aliphatic carbocycles. The number of hydrogen-bond acceptors (Lipinski definition) is 5. The lowest BCUT2D eigenvalue weighted by Crippen LogP contribution is -2.55. The van der Waals surface area contributed by atoms with Crippen LogP contribution in [-0.2, 0) is 16.1 Å². The Morgan fingerprint density at radius 1 is 1.42 bits per heavy atom. The van der Waals surface area contributed by atoms with E-state index in [1.165, 1.54) is 25.4 Å². The number of ether oxygens (including phenoxy) is 2. The maximum atomic E-state index is 12.5. The first-order valence-corrected chi connectivity index (χ1v) is 8.16. The molecular formula is C17H17NO5S. The zero-order valence-corrected chi connectivity index (χ0v) is 14.1. The van der Waals surface area contributed by atoms with Crippen LogP contribution in [-0.4, -0.2) is 36.2 Å². The molecule has 1 atom stereocenters. The van der Waals surface area contributed by atoms with E-state index in [0.717, 1.165) is 21.8 Å². The Morgan fingerprint density at radius 3 is 2.88 bits per heavy atom. The van der Waals surface area contributed by atoms with Gasteiger partial charge in [0.25, 0.3) is 5.91 Å². The van der Waals surface area contributed by atoms with Crippen molar-refractivity contribution in [1.29, 1.82) is 0 Å². The van der Waals surface area contributed by atoms with Gasteiger partial charge in [0.1, 0.15) is 12.4 Å². The molecule has 0 spiro atoms. The van der Waals surface area contributed by atoms with Gasteiger partial charge in [0.15, 0.2) is 5.54 Å². The van der Waals surface area contributed by atoms with E-state index in [2.05, 4.69) is 5.32 Å². The molecule has 6 nitrogen and oxygen atoms in total. The number of rotatable bonds is 5. The molecule has 3 rings (SSSR count). The minimum absolute atomic E-state index is 0.120. The lowest BCUT2D eigenvalue weighted by Gasteiger charge is -2.24. The van der Waals surface area contributed by atoms with E-state index in [-0.39, 0.29) is 6.61 Å². The largest absolute Gasteiger partial charge is 0.488 e. The van der Waals surface area contributed by atoms with Crippen molar-refractivity contribution >= 4 is 23.2 Å². The molecule has 0 saturated carbocycles. The number of carbonyl (C=O) groups is 2. The number of aliphatic carboxylic acids is 1. The number of carboxylic acid groups (broad SMARTS) is 1. The predicted molar refractivity (Wildman–Crippen MR) is 89.5 cm³/mol. The van der Waals surface area contributed by atoms with Gasteiger partial charge in [0.05, 0.1) is 11.5 Å². The van der Waals surface area contributed by atoms with E-state index in [9.17, 15) is 14.7 Å². The van der Waals surface area contributed by atoms with E-state index in [0.29, 0.717) is 11.5 Å². The molecule has 1 aromatic carbocycles. The standard InChI is InChI=1S/C17H17NO5S/c1-17(9-22-2,16(20)21)18-15(19)13-7-10-8-23-12-6-4-3-5-11(12)14(10)24-13/h3-7H,8-9H2,1-2H3,(H,18,19)(H,20,21). The lowest BCUT2D eigenvalue weighted by atomic mass is 10.0. The maximum absolute atomic E-state index is 12.5. The molecule has 1 aliphatic rings. The summed E-state index contributed by atoms with van der Waals surface area (Å²) in [5.74, 6) is -0.796. The molecule has 0 fully saturated rings. The summed E-state index contributed by atoms with van der Waals surface area (Å²) in [5, 5.41) is 11.9. The minimum atomic E-state index is -1.48. The van der Waals surface area contributed by atoms with Gasteiger partial charge in [-0.2, -0.15) is 0 Å². The van der Waals surface area contributed by atoms with Gasteiger partial charge in [-0.1, -0.05) is 12.1 Å². The van der Waals surface area contributed by atoms with Crippen LogP contribution in [0.15, 0.2) is 30.3 Å². The summed E-state index contributed by atoms with van der Waals surface area (Å²) in [6, 6.07) is 9.39. The van der Waals surface area contributed by atoms with Gasteiger partial charge in [-0.25, -0.2) is 4.79 Å². The summed E-state index contributed by atoms with van der Waals surface area (Å²) in [6.07, 6.45) is 0. The van der Waals surface area contributed by atoms with Gasteiger partial charge in [0, 0.05) is 23.1 Å². The third kappa shape index (κ3) is 2.88. The number of carboxylic acids is 1. The zero-order valence-electron chi connectivity index (χ0n) is 13.3. The molecule has 2 heterocycles. The number of hydrogen-bond donors (Lipinski definition) is 2. The highest BCUT2D eigenvalue weighted by molar-refractivity contribution is 7.17. The van der Waals surface area contributed by atoms with E-state index >= 15 is 0 Å². The van der Waals surface area contributed by atoms with Crippen molar-refractivity contribution in [2.75, 3.05) is 13.7 Å². The fourth-order valence-electron chi connectivity index (χ4n) is 2.56. The summed E-state index contributed by atoms with van der Waals surface area (Å²) in [6.45, 7) is 1.69. The average molecular weight is 347 g/mol. The first kappa shape index (κ1) is 16.5. The van der Waals surface area contributed by atoms with Crippen molar-refractivity contribution in [3.05, 3.63) is 40.8 Å². The Kier molecular flexibility index (Phi) is 4.29. The molecule has 126 valence electrons. The smallest absolute Gasteiger partial charge is 0.331 e. The maximum Gasteiger partial charge on any atom is 0.331 e. The summed E-state index contributed by atoms with van der Waals surface area (Å²) >= 11 is 1.33. The number of thiophene rings is 1. The minimum Gasteiger partial charge on any atom is -0.488 e. The van der Waals surface area contributed by atoms with Gasteiger partial charge in [-0.3, -0.25) is 4.79 Å². The van der Waals surface area contributed by atoms with E-state index < -0.39 is 17.4 Å². The average Bonchev–Trinajstić information content (AvgIpc) is 2.99. The Balaban J connectivity index is 1.89. The van der Waals surface area contributed by atoms with Crippen LogP contribution in [0.5, 0.6) is 5.75 Å². The number of amides is 1. The highest BCUT2D eigenvalue weighted by Gasteiger charge is 2.36. The number of nitrogens with one attached hydrogen (secondary N) is 1. The van der Waals surface area contributed by atoms with Crippen molar-refractivity contribution in [2.24, 2.45) is 0 Å². The van der Waals surface area contributed by atoms with Gasteiger partial charge < -0.3 is 19.9 Å². The normalized spacial score (nSPS) is 14.8. The second-order valence-electron chi connectivity index (χ2n) is 5.77. The van der Waals surface area contributed by atoms with Gasteiger partial charge >= 0.3 is 5.97 Å². The summed E-state index contributed by atoms with van der Waals surface area (Å²) in [4.78, 5) is 25.4. The number of para-hydroxylation sites is 1. The molecule has 7 heteroatoms. The third-order valence-electron chi connectivity index (χ3n) is 3.84. The van der Waals surface area contributed by atoms with Crippen LogP contribution in [0, 0.1) is 0 Å². The number of carbonyl (C=O) groups excluding carboxylic acids is 1. The first-order valence-electron chi connectivity index (χ1n) is 7.34. The van der Waals surface area contributed by atoms with Crippen LogP contribution in [0.2, 0.25) is 0 Å². The quantitative estimate of drug-likeness (QED) is 0.868. The molecule has 1 amide bonds. The molecule has 0 saturated heterocycles. The Morgan fingerprint density at radius 2 is 2.17 bits per heavy atom. The van der Waals surface area contributed by atoms with Crippen molar-refractivity contribution in [3.8, 4) is 16.2 Å². The van der Waals surface area contributed by atoms with Gasteiger partial charge in [-0.15, -0.1) is 11.3 Å². The van der Waals surface area contributed by atoms with E-state index in [1.54, 1.807) is 6.07 Å². The van der Waals surface area contributed by atoms with E-state index in [1.807, 2.05) is 24.3 Å². The Bertz CT molecular complexity index is 800. The molecule has 1 aliphatic heterocycles. The van der Waals surface area contributed by atoms with Crippen LogP contribution < -0.4 is 10.1 Å². The predicted octanol–water partition coefficient (Wildman–Crippen LogP) is 2.53. The molecule has 0 bridgehead atoms. The second kappa shape index (κ2) is 6.26. The first-order chi connectivity index (χ1) is 11.4. The van der Waals surface area contributed by atoms with Gasteiger partial charge in [0.2, 0.25) is 0 Å². The second-order valence-corrected chi connectivity index (χ2v) is 6.83. The molecule has 0 radical (unpaired) electrons. The Hall–Kier alpha value is -2.38. The van der Waals surface area contributed by atoms with Crippen molar-refractivity contribution in [1.82, 2.24) is 5.32 Å². The van der Waals surface area contributed by atoms with Gasteiger partial charge in [-0.05, 0) is 25.1 Å². The summed E-state index contributed by atoms with van der Waals surface area (Å²) in [5.41, 5.74) is 0.387. The summed E-state index contributed by atoms with van der Waals surface area (Å²) in [7, 11) is 1.39. The molecule has 2 N–H and O–H groups in total. The van der Waals surface area contributed by atoms with Crippen LogP contribution in [0.4, 0.5) is 0 Å². The Labute approximate surface area is 143 Å². The molecule has 2 aromatic rings. The number of fused-ring (bicyclic) bond motifs is 3. The monoisotopic (exact) mass is 347 g/mol. The zero-order chi connectivity index (χ0) is 17.3. The topological polar surface area (TPSA) is 84.9 Å². The van der Waals surface area contributed by atoms with Crippen LogP contribution in [0.3, 0.4) is 0 Å². The summed E-state index contributed by atoms with van der Waals surface area (Å²) < 4.78 is 10.6. The molecule has 1 aromatic heterocycles. The van der Waals surface area contributed by atoms with Crippen LogP contribution in [0.25, 0.3) is 10.4 Å². The fraction of sp³-hybridized carbons (Fsp3) is 0.294. The highest BCUT2D eigenvalue weighted by Crippen LogP contribution is 2.42.